The maximum absolute atomic E-state index is 12.2. The van der Waals surface area contributed by atoms with E-state index >= 15 is 0 Å². The average Bonchev–Trinajstić information content (AvgIpc) is 2.52. The maximum atomic E-state index is 12.2. The van der Waals surface area contributed by atoms with Gasteiger partial charge in [-0.15, -0.1) is 0 Å². The van der Waals surface area contributed by atoms with Crippen LogP contribution < -0.4 is 20.7 Å². The normalized spacial score (nSPS) is 11.5. The van der Waals surface area contributed by atoms with Crippen LogP contribution in [0.15, 0.2) is 23.3 Å². The van der Waals surface area contributed by atoms with Gasteiger partial charge in [0.15, 0.2) is 6.19 Å². The number of pyridine rings is 1. The molecule has 1 aromatic heterocycles. The number of aliphatic imine (C=N–C) groups is 1. The summed E-state index contributed by atoms with van der Waals surface area (Å²) in [6, 6.07) is 3.09. The molecule has 0 saturated heterocycles. The van der Waals surface area contributed by atoms with Crippen LogP contribution in [0, 0.1) is 11.5 Å². The Morgan fingerprint density at radius 2 is 2.21 bits per heavy atom. The summed E-state index contributed by atoms with van der Waals surface area (Å²) >= 11 is 0. The van der Waals surface area contributed by atoms with Gasteiger partial charge in [0.1, 0.15) is 5.69 Å². The monoisotopic (exact) mass is 335 g/mol. The highest BCUT2D eigenvalue weighted by molar-refractivity contribution is 6.02. The molecule has 0 fully saturated rings. The minimum absolute atomic E-state index is 0.0490. The number of aliphatic hydroxyl groups is 1. The molecule has 0 spiro atoms. The van der Waals surface area contributed by atoms with Crippen molar-refractivity contribution in [2.45, 2.75) is 32.7 Å². The van der Waals surface area contributed by atoms with Gasteiger partial charge in [0.25, 0.3) is 0 Å². The first kappa shape index (κ1) is 19.2. The van der Waals surface area contributed by atoms with Crippen LogP contribution >= 0.6 is 0 Å². The molecule has 1 heterocycles. The van der Waals surface area contributed by atoms with Gasteiger partial charge < -0.3 is 15.7 Å². The van der Waals surface area contributed by atoms with Crippen LogP contribution in [0.1, 0.15) is 37.7 Å². The van der Waals surface area contributed by atoms with Crippen LogP contribution in [-0.4, -0.2) is 40.9 Å². The zero-order valence-corrected chi connectivity index (χ0v) is 14.0. The smallest absolute Gasteiger partial charge is 0.344 e. The second-order valence-electron chi connectivity index (χ2n) is 5.58. The lowest BCUT2D eigenvalue weighted by Crippen LogP contribution is -2.44. The zero-order chi connectivity index (χ0) is 18.2. The molecule has 0 saturated carbocycles. The third-order valence-electron chi connectivity index (χ3n) is 3.29. The number of rotatable bonds is 6. The van der Waals surface area contributed by atoms with Crippen LogP contribution in [0.2, 0.25) is 0 Å². The molecule has 0 bridgehead atoms. The summed E-state index contributed by atoms with van der Waals surface area (Å²) in [5, 5.41) is 35.3. The number of carbonyl (C=O) groups is 1. The minimum atomic E-state index is -0.583. The standard InChI is InChI=1S/C15H22N6O3/c1-4-15(2,3)20-14(18-10-16)19-11-6-5-8-21(24)12(11)13(23)17-7-9-22/h5-6,8,22H,4,7,9H2,1-3H3,(H3-,17,18,19,20,23,24)/p+1. The number of nitrogens with zero attached hydrogens (tertiary/aromatic N) is 3. The molecule has 1 rings (SSSR count). The maximum Gasteiger partial charge on any atom is 0.344 e. The molecule has 1 amide bonds. The molecule has 5 N–H and O–H groups in total. The van der Waals surface area contributed by atoms with E-state index in [1.54, 1.807) is 12.3 Å². The molecule has 0 aliphatic heterocycles. The molecule has 9 heteroatoms. The SMILES string of the molecule is CCC(C)(C)N=C(NC#N)Nc1ccc[n+](O)c1C(=O)NCCO. The van der Waals surface area contributed by atoms with Gasteiger partial charge in [0, 0.05) is 17.3 Å². The summed E-state index contributed by atoms with van der Waals surface area (Å²) in [6.07, 6.45) is 3.82. The molecule has 0 unspecified atom stereocenters. The van der Waals surface area contributed by atoms with Gasteiger partial charge in [-0.2, -0.15) is 5.26 Å². The highest BCUT2D eigenvalue weighted by Gasteiger charge is 2.26. The number of nitriles is 1. The lowest BCUT2D eigenvalue weighted by atomic mass is 10.0. The van der Waals surface area contributed by atoms with E-state index in [1.807, 2.05) is 20.8 Å². The van der Waals surface area contributed by atoms with Crippen molar-refractivity contribution in [3.63, 3.8) is 0 Å². The van der Waals surface area contributed by atoms with Gasteiger partial charge in [-0.05, 0) is 26.3 Å². The van der Waals surface area contributed by atoms with Crippen LogP contribution in [-0.2, 0) is 0 Å². The van der Waals surface area contributed by atoms with E-state index in [-0.39, 0.29) is 30.5 Å². The Bertz CT molecular complexity index is 651. The predicted octanol–water partition coefficient (Wildman–Crippen LogP) is -0.0393. The number of carbonyl (C=O) groups excluding carboxylic acids is 1. The Labute approximate surface area is 140 Å². The van der Waals surface area contributed by atoms with Crippen molar-refractivity contribution in [2.24, 2.45) is 4.99 Å². The van der Waals surface area contributed by atoms with Crippen LogP contribution in [0.3, 0.4) is 0 Å². The van der Waals surface area contributed by atoms with Crippen molar-refractivity contribution in [1.29, 1.82) is 5.26 Å². The topological polar surface area (TPSA) is 134 Å². The van der Waals surface area contributed by atoms with E-state index < -0.39 is 11.4 Å². The van der Waals surface area contributed by atoms with E-state index in [0.717, 1.165) is 6.42 Å². The molecule has 0 radical (unpaired) electrons. The average molecular weight is 335 g/mol. The molecule has 0 aliphatic rings. The fourth-order valence-corrected chi connectivity index (χ4v) is 1.73. The largest absolute Gasteiger partial charge is 0.395 e. The van der Waals surface area contributed by atoms with Crippen LogP contribution in [0.4, 0.5) is 5.69 Å². The van der Waals surface area contributed by atoms with Gasteiger partial charge in [0.2, 0.25) is 12.2 Å². The molecule has 0 aromatic carbocycles. The van der Waals surface area contributed by atoms with E-state index in [2.05, 4.69) is 20.9 Å². The third-order valence-corrected chi connectivity index (χ3v) is 3.29. The molecule has 9 nitrogen and oxygen atoms in total. The van der Waals surface area contributed by atoms with E-state index in [0.29, 0.717) is 4.73 Å². The highest BCUT2D eigenvalue weighted by atomic mass is 16.5. The van der Waals surface area contributed by atoms with Gasteiger partial charge in [-0.25, -0.2) is 4.99 Å². The Balaban J connectivity index is 3.19. The highest BCUT2D eigenvalue weighted by Crippen LogP contribution is 2.15. The lowest BCUT2D eigenvalue weighted by molar-refractivity contribution is -0.905. The van der Waals surface area contributed by atoms with Crippen molar-refractivity contribution in [3.05, 3.63) is 24.0 Å². The molecule has 130 valence electrons. The first-order chi connectivity index (χ1) is 11.3. The number of hydrogen-bond acceptors (Lipinski definition) is 5. The van der Waals surface area contributed by atoms with Crippen molar-refractivity contribution in [1.82, 2.24) is 10.6 Å². The second-order valence-corrected chi connectivity index (χ2v) is 5.58. The molecular weight excluding hydrogens is 312 g/mol. The number of anilines is 1. The summed E-state index contributed by atoms with van der Waals surface area (Å²) in [6.45, 7) is 5.60. The first-order valence-electron chi connectivity index (χ1n) is 7.49. The fourth-order valence-electron chi connectivity index (χ4n) is 1.73. The molecule has 24 heavy (non-hydrogen) atoms. The second kappa shape index (κ2) is 8.69. The summed E-state index contributed by atoms with van der Waals surface area (Å²) in [7, 11) is 0. The molecule has 0 atom stereocenters. The predicted molar refractivity (Wildman–Crippen MR) is 87.4 cm³/mol. The summed E-state index contributed by atoms with van der Waals surface area (Å²) in [4.78, 5) is 16.6. The lowest BCUT2D eigenvalue weighted by Gasteiger charge is -2.19. The molecule has 1 aromatic rings. The summed E-state index contributed by atoms with van der Waals surface area (Å²) in [5.74, 6) is -0.424. The number of guanidine groups is 1. The van der Waals surface area contributed by atoms with Crippen LogP contribution in [0.25, 0.3) is 0 Å². The van der Waals surface area contributed by atoms with Gasteiger partial charge in [-0.1, -0.05) is 6.92 Å². The Hall–Kier alpha value is -2.86. The van der Waals surface area contributed by atoms with E-state index in [9.17, 15) is 10.0 Å². The van der Waals surface area contributed by atoms with Gasteiger partial charge in [0.05, 0.1) is 12.1 Å². The summed E-state index contributed by atoms with van der Waals surface area (Å²) in [5.41, 5.74) is -0.244. The van der Waals surface area contributed by atoms with Crippen molar-refractivity contribution < 1.29 is 19.8 Å². The van der Waals surface area contributed by atoms with E-state index in [4.69, 9.17) is 10.4 Å². The van der Waals surface area contributed by atoms with Gasteiger partial charge in [-0.3, -0.25) is 15.3 Å². The first-order valence-corrected chi connectivity index (χ1v) is 7.49. The Morgan fingerprint density at radius 1 is 1.50 bits per heavy atom. The van der Waals surface area contributed by atoms with Crippen molar-refractivity contribution >= 4 is 17.6 Å². The Morgan fingerprint density at radius 3 is 2.79 bits per heavy atom. The van der Waals surface area contributed by atoms with Crippen LogP contribution in [0.5, 0.6) is 0 Å². The number of hydrogen-bond donors (Lipinski definition) is 5. The number of nitrogens with one attached hydrogen (secondary N) is 3. The van der Waals surface area contributed by atoms with E-state index in [1.165, 1.54) is 12.3 Å². The van der Waals surface area contributed by atoms with Gasteiger partial charge >= 0.3 is 11.6 Å². The van der Waals surface area contributed by atoms with Crippen molar-refractivity contribution in [2.75, 3.05) is 18.5 Å². The molecular formula is C15H23N6O3+. The fraction of sp³-hybridized carbons (Fsp3) is 0.467. The minimum Gasteiger partial charge on any atom is -0.395 e. The number of aliphatic hydroxyl groups excluding tert-OH is 1. The summed E-state index contributed by atoms with van der Waals surface area (Å²) < 4.78 is 0.657. The Kier molecular flexibility index (Phi) is 6.95. The quantitative estimate of drug-likeness (QED) is 0.124. The molecule has 0 aliphatic carbocycles. The zero-order valence-electron chi connectivity index (χ0n) is 14.0. The number of amides is 1. The number of aromatic nitrogens is 1. The van der Waals surface area contributed by atoms with Crippen molar-refractivity contribution in [3.8, 4) is 6.19 Å². The third kappa shape index (κ3) is 5.40.